The van der Waals surface area contributed by atoms with Crippen LogP contribution in [-0.2, 0) is 0 Å². The Morgan fingerprint density at radius 1 is 1.09 bits per heavy atom. The largest absolute Gasteiger partial charge is 0.497 e. The second-order valence-corrected chi connectivity index (χ2v) is 8.93. The molecular weight excluding hydrogens is 466 g/mol. The Balaban J connectivity index is 1.81. The number of nitrogens with one attached hydrogen (secondary N) is 1. The molecule has 0 bridgehead atoms. The molecule has 0 saturated carbocycles. The van der Waals surface area contributed by atoms with E-state index in [1.165, 1.54) is 25.7 Å². The highest BCUT2D eigenvalue weighted by atomic mass is 32.2. The summed E-state index contributed by atoms with van der Waals surface area (Å²) in [5.74, 6) is 0.713. The number of rotatable bonds is 8. The molecule has 0 aliphatic rings. The van der Waals surface area contributed by atoms with Gasteiger partial charge in [0.1, 0.15) is 11.5 Å². The summed E-state index contributed by atoms with van der Waals surface area (Å²) < 4.78 is 12.3. The number of thioether (sulfide) groups is 1. The maximum absolute atomic E-state index is 13.6. The van der Waals surface area contributed by atoms with Crippen molar-refractivity contribution in [2.75, 3.05) is 20.0 Å². The van der Waals surface area contributed by atoms with Gasteiger partial charge in [-0.25, -0.2) is 4.98 Å². The molecule has 4 rings (SSSR count). The standard InChI is InChI=1S/C26H25N3O5S/c1-14-23(16(3)30)15(2)27-24(14)21(31)13-35-26-28-19-9-7-6-8-18(19)25(32)29(26)20-12-17(33-4)10-11-22(20)34-5/h6-12,27H,13H2,1-5H3. The van der Waals surface area contributed by atoms with Gasteiger partial charge in [0.05, 0.1) is 42.3 Å². The Labute approximate surface area is 206 Å². The Hall–Kier alpha value is -3.85. The van der Waals surface area contributed by atoms with Gasteiger partial charge < -0.3 is 14.5 Å². The zero-order valence-corrected chi connectivity index (χ0v) is 20.9. The van der Waals surface area contributed by atoms with Gasteiger partial charge in [0, 0.05) is 17.3 Å². The number of ether oxygens (including phenoxy) is 2. The van der Waals surface area contributed by atoms with E-state index >= 15 is 0 Å². The lowest BCUT2D eigenvalue weighted by Gasteiger charge is -2.16. The number of carbonyl (C=O) groups excluding carboxylic acids is 2. The highest BCUT2D eigenvalue weighted by Crippen LogP contribution is 2.31. The van der Waals surface area contributed by atoms with Crippen LogP contribution in [0.4, 0.5) is 0 Å². The van der Waals surface area contributed by atoms with E-state index in [4.69, 9.17) is 14.5 Å². The molecule has 8 nitrogen and oxygen atoms in total. The zero-order valence-electron chi connectivity index (χ0n) is 20.1. The minimum Gasteiger partial charge on any atom is -0.497 e. The van der Waals surface area contributed by atoms with E-state index in [0.717, 1.165) is 11.8 Å². The van der Waals surface area contributed by atoms with Gasteiger partial charge in [-0.05, 0) is 50.6 Å². The first-order chi connectivity index (χ1) is 16.8. The Morgan fingerprint density at radius 3 is 2.49 bits per heavy atom. The molecule has 2 aromatic heterocycles. The van der Waals surface area contributed by atoms with Gasteiger partial charge in [-0.2, -0.15) is 0 Å². The number of benzene rings is 2. The molecule has 2 aromatic carbocycles. The molecular formula is C26H25N3O5S. The van der Waals surface area contributed by atoms with E-state index in [-0.39, 0.29) is 22.9 Å². The lowest BCUT2D eigenvalue weighted by atomic mass is 10.1. The molecule has 0 atom stereocenters. The van der Waals surface area contributed by atoms with Crippen molar-refractivity contribution in [3.05, 3.63) is 75.3 Å². The van der Waals surface area contributed by atoms with Gasteiger partial charge in [0.2, 0.25) is 0 Å². The van der Waals surface area contributed by atoms with Gasteiger partial charge >= 0.3 is 0 Å². The molecule has 0 aliphatic carbocycles. The Kier molecular flexibility index (Phi) is 6.79. The lowest BCUT2D eigenvalue weighted by Crippen LogP contribution is -2.23. The minimum absolute atomic E-state index is 0.00913. The molecule has 4 aromatic rings. The summed E-state index contributed by atoms with van der Waals surface area (Å²) >= 11 is 1.14. The van der Waals surface area contributed by atoms with Crippen LogP contribution in [0, 0.1) is 13.8 Å². The second kappa shape index (κ2) is 9.79. The van der Waals surface area contributed by atoms with Gasteiger partial charge in [-0.3, -0.25) is 19.0 Å². The fourth-order valence-electron chi connectivity index (χ4n) is 4.15. The molecule has 0 spiro atoms. The quantitative estimate of drug-likeness (QED) is 0.219. The van der Waals surface area contributed by atoms with Crippen LogP contribution in [0.3, 0.4) is 0 Å². The predicted molar refractivity (Wildman–Crippen MR) is 136 cm³/mol. The fraction of sp³-hybridized carbons (Fsp3) is 0.231. The average molecular weight is 492 g/mol. The van der Waals surface area contributed by atoms with Crippen LogP contribution in [0.25, 0.3) is 16.6 Å². The summed E-state index contributed by atoms with van der Waals surface area (Å²) in [5, 5.41) is 0.774. The topological polar surface area (TPSA) is 103 Å². The van der Waals surface area contributed by atoms with E-state index < -0.39 is 0 Å². The number of nitrogens with zero attached hydrogens (tertiary/aromatic N) is 2. The van der Waals surface area contributed by atoms with Crippen molar-refractivity contribution in [1.29, 1.82) is 0 Å². The third-order valence-electron chi connectivity index (χ3n) is 5.77. The molecule has 35 heavy (non-hydrogen) atoms. The molecule has 0 radical (unpaired) electrons. The number of aromatic amines is 1. The molecule has 0 amide bonds. The number of para-hydroxylation sites is 1. The van der Waals surface area contributed by atoms with Gasteiger partial charge in [-0.15, -0.1) is 0 Å². The first-order valence-electron chi connectivity index (χ1n) is 10.9. The third-order valence-corrected chi connectivity index (χ3v) is 6.71. The maximum atomic E-state index is 13.6. The van der Waals surface area contributed by atoms with Gasteiger partial charge in [0.25, 0.3) is 5.56 Å². The smallest absolute Gasteiger partial charge is 0.266 e. The molecule has 0 fully saturated rings. The number of aromatic nitrogens is 3. The Morgan fingerprint density at radius 2 is 1.83 bits per heavy atom. The number of hydrogen-bond acceptors (Lipinski definition) is 7. The maximum Gasteiger partial charge on any atom is 0.266 e. The lowest BCUT2D eigenvalue weighted by molar-refractivity contribution is 0.101. The summed E-state index contributed by atoms with van der Waals surface area (Å²) in [7, 11) is 3.06. The summed E-state index contributed by atoms with van der Waals surface area (Å²) in [5.41, 5.74) is 2.88. The van der Waals surface area contributed by atoms with Gasteiger partial charge in [0.15, 0.2) is 16.7 Å². The first-order valence-corrected chi connectivity index (χ1v) is 11.9. The summed E-state index contributed by atoms with van der Waals surface area (Å²) in [4.78, 5) is 46.4. The summed E-state index contributed by atoms with van der Waals surface area (Å²) in [6.07, 6.45) is 0. The van der Waals surface area contributed by atoms with Crippen molar-refractivity contribution >= 4 is 34.2 Å². The van der Waals surface area contributed by atoms with Crippen molar-refractivity contribution in [3.8, 4) is 17.2 Å². The predicted octanol–water partition coefficient (Wildman–Crippen LogP) is 4.53. The number of fused-ring (bicyclic) bond motifs is 1. The van der Waals surface area contributed by atoms with Crippen LogP contribution in [0.2, 0.25) is 0 Å². The van der Waals surface area contributed by atoms with Gasteiger partial charge in [-0.1, -0.05) is 23.9 Å². The van der Waals surface area contributed by atoms with Crippen LogP contribution < -0.4 is 15.0 Å². The van der Waals surface area contributed by atoms with Crippen LogP contribution in [-0.4, -0.2) is 46.1 Å². The third kappa shape index (κ3) is 4.46. The Bertz CT molecular complexity index is 1520. The molecule has 0 saturated heterocycles. The highest BCUT2D eigenvalue weighted by molar-refractivity contribution is 7.99. The van der Waals surface area contributed by atoms with Crippen LogP contribution in [0.1, 0.15) is 39.0 Å². The molecule has 0 aliphatic heterocycles. The molecule has 9 heteroatoms. The molecule has 1 N–H and O–H groups in total. The van der Waals surface area contributed by atoms with Crippen molar-refractivity contribution in [3.63, 3.8) is 0 Å². The average Bonchev–Trinajstić information content (AvgIpc) is 3.16. The molecule has 180 valence electrons. The van der Waals surface area contributed by atoms with Crippen molar-refractivity contribution in [2.45, 2.75) is 25.9 Å². The SMILES string of the molecule is COc1ccc(OC)c(-n2c(SCC(=O)c3[nH]c(C)c(C(C)=O)c3C)nc3ccccc3c2=O)c1. The number of carbonyl (C=O) groups is 2. The second-order valence-electron chi connectivity index (χ2n) is 7.98. The molecule has 0 unspecified atom stereocenters. The van der Waals surface area contributed by atoms with Crippen LogP contribution in [0.15, 0.2) is 52.4 Å². The van der Waals surface area contributed by atoms with E-state index in [1.54, 1.807) is 56.3 Å². The summed E-state index contributed by atoms with van der Waals surface area (Å²) in [6, 6.07) is 12.2. The van der Waals surface area contributed by atoms with Crippen molar-refractivity contribution in [2.24, 2.45) is 0 Å². The van der Waals surface area contributed by atoms with Crippen molar-refractivity contribution in [1.82, 2.24) is 14.5 Å². The van der Waals surface area contributed by atoms with Crippen LogP contribution in [0.5, 0.6) is 11.5 Å². The van der Waals surface area contributed by atoms with Crippen LogP contribution >= 0.6 is 11.8 Å². The monoisotopic (exact) mass is 491 g/mol. The van der Waals surface area contributed by atoms with Crippen molar-refractivity contribution < 1.29 is 19.1 Å². The number of aryl methyl sites for hydroxylation is 1. The number of methoxy groups -OCH3 is 2. The number of Topliss-reactive ketones (excluding diaryl/α,β-unsaturated/α-hetero) is 2. The molecule has 2 heterocycles. The number of hydrogen-bond donors (Lipinski definition) is 1. The number of ketones is 2. The van der Waals surface area contributed by atoms with E-state index in [2.05, 4.69) is 4.98 Å². The normalized spacial score (nSPS) is 11.0. The highest BCUT2D eigenvalue weighted by Gasteiger charge is 2.22. The number of H-pyrrole nitrogens is 1. The van der Waals surface area contributed by atoms with E-state index in [1.807, 2.05) is 0 Å². The zero-order chi connectivity index (χ0) is 25.3. The summed E-state index contributed by atoms with van der Waals surface area (Å²) in [6.45, 7) is 5.00. The minimum atomic E-state index is -0.289. The van der Waals surface area contributed by atoms with E-state index in [9.17, 15) is 14.4 Å². The van der Waals surface area contributed by atoms with E-state index in [0.29, 0.717) is 55.8 Å². The fourth-order valence-corrected chi connectivity index (χ4v) is 5.03. The first kappa shape index (κ1) is 24.3.